The van der Waals surface area contributed by atoms with Gasteiger partial charge in [0.2, 0.25) is 5.91 Å². The van der Waals surface area contributed by atoms with Gasteiger partial charge in [-0.3, -0.25) is 18.7 Å². The molecule has 2 aromatic carbocycles. The van der Waals surface area contributed by atoms with Crippen LogP contribution in [0.1, 0.15) is 18.1 Å². The third-order valence-electron chi connectivity index (χ3n) is 5.05. The van der Waals surface area contributed by atoms with Crippen LogP contribution < -0.4 is 16.6 Å². The Morgan fingerprint density at radius 3 is 2.59 bits per heavy atom. The number of fused-ring (bicyclic) bond motifs is 1. The van der Waals surface area contributed by atoms with E-state index in [0.717, 1.165) is 21.1 Å². The largest absolute Gasteiger partial charge is 0.333 e. The molecule has 0 spiro atoms. The summed E-state index contributed by atoms with van der Waals surface area (Å²) in [5.74, 6) is -0.421. The van der Waals surface area contributed by atoms with Crippen LogP contribution in [0.4, 0.5) is 5.69 Å². The Hall–Kier alpha value is -3.78. The number of hydrogen-bond acceptors (Lipinski definition) is 5. The number of carbonyl (C=O) groups excluding carboxylic acids is 1. The first kappa shape index (κ1) is 21.5. The molecule has 0 fully saturated rings. The van der Waals surface area contributed by atoms with Crippen molar-refractivity contribution in [1.29, 1.82) is 0 Å². The lowest BCUT2D eigenvalue weighted by Gasteiger charge is -2.14. The molecular formula is C23H20ClN5O3. The van der Waals surface area contributed by atoms with Crippen molar-refractivity contribution in [3.63, 3.8) is 0 Å². The van der Waals surface area contributed by atoms with Crippen molar-refractivity contribution >= 4 is 34.4 Å². The molecule has 32 heavy (non-hydrogen) atoms. The van der Waals surface area contributed by atoms with Gasteiger partial charge in [-0.2, -0.15) is 0 Å². The van der Waals surface area contributed by atoms with Gasteiger partial charge >= 0.3 is 5.69 Å². The average Bonchev–Trinajstić information content (AvgIpc) is 2.80. The first-order chi connectivity index (χ1) is 15.5. The Morgan fingerprint density at radius 1 is 1.03 bits per heavy atom. The van der Waals surface area contributed by atoms with Crippen LogP contribution in [-0.4, -0.2) is 25.0 Å². The quantitative estimate of drug-likeness (QED) is 0.488. The van der Waals surface area contributed by atoms with Crippen molar-refractivity contribution in [3.05, 3.63) is 97.9 Å². The molecule has 0 saturated heterocycles. The van der Waals surface area contributed by atoms with Gasteiger partial charge in [0, 0.05) is 23.1 Å². The molecule has 0 aliphatic carbocycles. The number of nitrogens with one attached hydrogen (secondary N) is 1. The maximum absolute atomic E-state index is 13.2. The molecule has 0 unspecified atom stereocenters. The number of carbonyl (C=O) groups is 1. The summed E-state index contributed by atoms with van der Waals surface area (Å²) >= 11 is 6.22. The number of hydrogen-bond donors (Lipinski definition) is 1. The number of benzene rings is 2. The van der Waals surface area contributed by atoms with Gasteiger partial charge in [-0.15, -0.1) is 0 Å². The van der Waals surface area contributed by atoms with Gasteiger partial charge in [0.15, 0.2) is 11.2 Å². The fraction of sp³-hybridized carbons (Fsp3) is 0.174. The van der Waals surface area contributed by atoms with Crippen LogP contribution in [0.3, 0.4) is 0 Å². The van der Waals surface area contributed by atoms with Crippen molar-refractivity contribution < 1.29 is 4.79 Å². The predicted octanol–water partition coefficient (Wildman–Crippen LogP) is 2.86. The number of rotatable bonds is 6. The van der Waals surface area contributed by atoms with E-state index < -0.39 is 17.2 Å². The molecule has 0 saturated carbocycles. The molecule has 2 aromatic heterocycles. The third kappa shape index (κ3) is 4.31. The molecule has 1 N–H and O–H groups in total. The first-order valence-electron chi connectivity index (χ1n) is 10.0. The Kier molecular flexibility index (Phi) is 6.13. The summed E-state index contributed by atoms with van der Waals surface area (Å²) in [6.45, 7) is 1.64. The molecule has 2 heterocycles. The van der Waals surface area contributed by atoms with E-state index in [1.54, 1.807) is 30.3 Å². The van der Waals surface area contributed by atoms with Gasteiger partial charge in [-0.05, 0) is 35.7 Å². The minimum atomic E-state index is -0.666. The van der Waals surface area contributed by atoms with E-state index in [0.29, 0.717) is 16.3 Å². The smallest absolute Gasteiger partial charge is 0.325 e. The zero-order chi connectivity index (χ0) is 22.7. The van der Waals surface area contributed by atoms with Crippen molar-refractivity contribution in [2.75, 3.05) is 5.32 Å². The van der Waals surface area contributed by atoms with Crippen LogP contribution in [0, 0.1) is 0 Å². The fourth-order valence-electron chi connectivity index (χ4n) is 3.42. The van der Waals surface area contributed by atoms with Crippen molar-refractivity contribution in [3.8, 4) is 0 Å². The molecule has 9 heteroatoms. The van der Waals surface area contributed by atoms with Crippen molar-refractivity contribution in [1.82, 2.24) is 19.1 Å². The van der Waals surface area contributed by atoms with E-state index in [1.165, 1.54) is 12.4 Å². The number of anilines is 1. The van der Waals surface area contributed by atoms with Crippen LogP contribution in [0.25, 0.3) is 11.2 Å². The minimum Gasteiger partial charge on any atom is -0.325 e. The average molecular weight is 450 g/mol. The minimum absolute atomic E-state index is 0.0000612. The second-order valence-corrected chi connectivity index (χ2v) is 7.59. The Balaban J connectivity index is 1.75. The second-order valence-electron chi connectivity index (χ2n) is 7.18. The molecule has 1 amide bonds. The van der Waals surface area contributed by atoms with Crippen LogP contribution in [0.15, 0.2) is 70.5 Å². The van der Waals surface area contributed by atoms with Crippen LogP contribution in [-0.2, 0) is 24.3 Å². The van der Waals surface area contributed by atoms with Gasteiger partial charge in [-0.1, -0.05) is 48.9 Å². The summed E-state index contributed by atoms with van der Waals surface area (Å²) < 4.78 is 2.17. The molecule has 0 aliphatic rings. The normalized spacial score (nSPS) is 10.9. The molecule has 162 valence electrons. The second kappa shape index (κ2) is 9.15. The van der Waals surface area contributed by atoms with Gasteiger partial charge in [0.25, 0.3) is 5.56 Å². The van der Waals surface area contributed by atoms with Crippen molar-refractivity contribution in [2.24, 2.45) is 0 Å². The highest BCUT2D eigenvalue weighted by molar-refractivity contribution is 6.31. The van der Waals surface area contributed by atoms with E-state index in [-0.39, 0.29) is 24.3 Å². The van der Waals surface area contributed by atoms with E-state index in [2.05, 4.69) is 15.3 Å². The summed E-state index contributed by atoms with van der Waals surface area (Å²) in [5, 5.41) is 3.22. The zero-order valence-corrected chi connectivity index (χ0v) is 18.0. The lowest BCUT2D eigenvalue weighted by atomic mass is 10.1. The summed E-state index contributed by atoms with van der Waals surface area (Å²) in [7, 11) is 0. The zero-order valence-electron chi connectivity index (χ0n) is 17.3. The molecule has 8 nitrogen and oxygen atoms in total. The topological polar surface area (TPSA) is 98.9 Å². The monoisotopic (exact) mass is 449 g/mol. The number of nitrogens with zero attached hydrogens (tertiary/aromatic N) is 4. The number of amides is 1. The van der Waals surface area contributed by atoms with Gasteiger partial charge < -0.3 is 5.32 Å². The summed E-state index contributed by atoms with van der Waals surface area (Å²) in [4.78, 5) is 47.2. The maximum atomic E-state index is 13.2. The molecule has 4 rings (SSSR count). The highest BCUT2D eigenvalue weighted by atomic mass is 35.5. The molecule has 0 bridgehead atoms. The number of aromatic nitrogens is 4. The molecule has 0 radical (unpaired) electrons. The Labute approximate surface area is 188 Å². The summed E-state index contributed by atoms with van der Waals surface area (Å²) in [6.07, 6.45) is 3.57. The van der Waals surface area contributed by atoms with Gasteiger partial charge in [0.05, 0.1) is 6.54 Å². The van der Waals surface area contributed by atoms with Crippen LogP contribution in [0.5, 0.6) is 0 Å². The molecule has 0 atom stereocenters. The summed E-state index contributed by atoms with van der Waals surface area (Å²) in [6, 6.07) is 14.4. The Bertz CT molecular complexity index is 1430. The van der Waals surface area contributed by atoms with Gasteiger partial charge in [0.1, 0.15) is 6.54 Å². The lowest BCUT2D eigenvalue weighted by Crippen LogP contribution is -2.42. The van der Waals surface area contributed by atoms with E-state index >= 15 is 0 Å². The first-order valence-corrected chi connectivity index (χ1v) is 10.4. The third-order valence-corrected chi connectivity index (χ3v) is 5.42. The molecule has 4 aromatic rings. The van der Waals surface area contributed by atoms with Crippen LogP contribution >= 0.6 is 11.6 Å². The highest BCUT2D eigenvalue weighted by Crippen LogP contribution is 2.15. The van der Waals surface area contributed by atoms with Crippen LogP contribution in [0.2, 0.25) is 5.02 Å². The van der Waals surface area contributed by atoms with Gasteiger partial charge in [-0.25, -0.2) is 14.8 Å². The standard InChI is InChI=1S/C23H20ClN5O3/c1-2-15-6-5-8-17(12-15)27-19(30)14-28-21-20(25-10-11-26-21)22(31)29(23(28)32)13-16-7-3-4-9-18(16)24/h3-12H,2,13-14H2,1H3,(H,27,30). The fourth-order valence-corrected chi connectivity index (χ4v) is 3.62. The van der Waals surface area contributed by atoms with Crippen molar-refractivity contribution in [2.45, 2.75) is 26.4 Å². The molecule has 0 aliphatic heterocycles. The molecular weight excluding hydrogens is 430 g/mol. The number of halogens is 1. The Morgan fingerprint density at radius 2 is 1.81 bits per heavy atom. The highest BCUT2D eigenvalue weighted by Gasteiger charge is 2.18. The van der Waals surface area contributed by atoms with E-state index in [1.807, 2.05) is 25.1 Å². The maximum Gasteiger partial charge on any atom is 0.333 e. The van der Waals surface area contributed by atoms with E-state index in [4.69, 9.17) is 11.6 Å². The predicted molar refractivity (Wildman–Crippen MR) is 123 cm³/mol. The SMILES string of the molecule is CCc1cccc(NC(=O)Cn2c(=O)n(Cc3ccccc3Cl)c(=O)c3nccnc32)c1. The lowest BCUT2D eigenvalue weighted by molar-refractivity contribution is -0.116. The number of aryl methyl sites for hydroxylation is 1. The van der Waals surface area contributed by atoms with E-state index in [9.17, 15) is 14.4 Å². The summed E-state index contributed by atoms with van der Waals surface area (Å²) in [5.41, 5.74) is 1.09.